The summed E-state index contributed by atoms with van der Waals surface area (Å²) < 4.78 is 5.80. The zero-order valence-electron chi connectivity index (χ0n) is 20.6. The molecule has 0 aromatic rings. The summed E-state index contributed by atoms with van der Waals surface area (Å²) in [5.41, 5.74) is -1.52. The lowest BCUT2D eigenvalue weighted by atomic mass is 9.45. The largest absolute Gasteiger partial charge is 0.458 e. The SMILES string of the molecule is CC1=C(C)C(=O)OC(C(C)C2(O)CCC3C4C=CC5(O)CC=CC(=O)C5(C)C4CCC32C)C1. The first kappa shape index (κ1) is 23.0. The summed E-state index contributed by atoms with van der Waals surface area (Å²) >= 11 is 0. The second-order valence-corrected chi connectivity index (χ2v) is 12.0. The van der Waals surface area contributed by atoms with E-state index in [-0.39, 0.29) is 46.9 Å². The van der Waals surface area contributed by atoms with Crippen LogP contribution in [0.2, 0.25) is 0 Å². The molecule has 0 radical (unpaired) electrons. The normalized spacial score (nSPS) is 49.9. The molecule has 0 saturated heterocycles. The Labute approximate surface area is 197 Å². The zero-order chi connectivity index (χ0) is 24.0. The number of cyclic esters (lactones) is 1. The van der Waals surface area contributed by atoms with E-state index in [2.05, 4.69) is 13.0 Å². The van der Waals surface area contributed by atoms with Crippen molar-refractivity contribution in [3.63, 3.8) is 0 Å². The Morgan fingerprint density at radius 3 is 2.48 bits per heavy atom. The number of carbonyl (C=O) groups is 2. The van der Waals surface area contributed by atoms with Crippen LogP contribution in [-0.2, 0) is 14.3 Å². The molecule has 0 aromatic carbocycles. The number of hydrogen-bond donors (Lipinski definition) is 2. The lowest BCUT2D eigenvalue weighted by molar-refractivity contribution is -0.188. The molecule has 5 rings (SSSR count). The van der Waals surface area contributed by atoms with Crippen molar-refractivity contribution in [3.8, 4) is 0 Å². The Morgan fingerprint density at radius 1 is 1.09 bits per heavy atom. The van der Waals surface area contributed by atoms with Gasteiger partial charge in [0.2, 0.25) is 0 Å². The van der Waals surface area contributed by atoms with Crippen LogP contribution in [0.4, 0.5) is 0 Å². The fraction of sp³-hybridized carbons (Fsp3) is 0.714. The molecule has 2 N–H and O–H groups in total. The molecule has 0 spiro atoms. The van der Waals surface area contributed by atoms with Gasteiger partial charge < -0.3 is 14.9 Å². The minimum Gasteiger partial charge on any atom is -0.458 e. The maximum absolute atomic E-state index is 13.1. The highest BCUT2D eigenvalue weighted by Crippen LogP contribution is 2.68. The molecule has 2 saturated carbocycles. The van der Waals surface area contributed by atoms with Gasteiger partial charge in [0.1, 0.15) is 6.10 Å². The van der Waals surface area contributed by atoms with Crippen molar-refractivity contribution in [2.24, 2.45) is 34.5 Å². The summed E-state index contributed by atoms with van der Waals surface area (Å²) in [6, 6.07) is 0. The molecule has 5 heteroatoms. The first-order valence-corrected chi connectivity index (χ1v) is 12.6. The third-order valence-electron chi connectivity index (χ3n) is 11.0. The van der Waals surface area contributed by atoms with Crippen LogP contribution in [0, 0.1) is 34.5 Å². The molecule has 5 aliphatic rings. The number of aliphatic hydroxyl groups is 2. The lowest BCUT2D eigenvalue weighted by Crippen LogP contribution is -2.63. The van der Waals surface area contributed by atoms with Gasteiger partial charge in [0.25, 0.3) is 0 Å². The minimum absolute atomic E-state index is 0.0209. The predicted molar refractivity (Wildman–Crippen MR) is 125 cm³/mol. The van der Waals surface area contributed by atoms with E-state index in [4.69, 9.17) is 4.74 Å². The molecule has 33 heavy (non-hydrogen) atoms. The van der Waals surface area contributed by atoms with Gasteiger partial charge in [0.15, 0.2) is 5.78 Å². The summed E-state index contributed by atoms with van der Waals surface area (Å²) in [6.45, 7) is 9.98. The third kappa shape index (κ3) is 2.78. The van der Waals surface area contributed by atoms with Gasteiger partial charge in [-0.2, -0.15) is 0 Å². The van der Waals surface area contributed by atoms with Crippen LogP contribution in [-0.4, -0.2) is 39.3 Å². The fourth-order valence-corrected chi connectivity index (χ4v) is 8.38. The molecule has 1 heterocycles. The van der Waals surface area contributed by atoms with Crippen LogP contribution in [0.1, 0.15) is 73.1 Å². The van der Waals surface area contributed by atoms with Gasteiger partial charge in [-0.1, -0.05) is 37.6 Å². The van der Waals surface area contributed by atoms with Gasteiger partial charge >= 0.3 is 5.97 Å². The van der Waals surface area contributed by atoms with E-state index < -0.39 is 16.6 Å². The maximum atomic E-state index is 13.1. The van der Waals surface area contributed by atoms with E-state index in [1.165, 1.54) is 0 Å². The van der Waals surface area contributed by atoms with E-state index in [1.54, 1.807) is 19.1 Å². The molecule has 0 amide bonds. The molecule has 0 aromatic heterocycles. The van der Waals surface area contributed by atoms with Crippen molar-refractivity contribution in [1.29, 1.82) is 0 Å². The van der Waals surface area contributed by atoms with Crippen molar-refractivity contribution in [2.75, 3.05) is 0 Å². The Balaban J connectivity index is 1.47. The highest BCUT2D eigenvalue weighted by molar-refractivity contribution is 5.97. The molecule has 9 unspecified atom stereocenters. The van der Waals surface area contributed by atoms with Gasteiger partial charge in [0.05, 0.1) is 16.6 Å². The van der Waals surface area contributed by atoms with Gasteiger partial charge in [0, 0.05) is 23.3 Å². The van der Waals surface area contributed by atoms with Crippen LogP contribution in [0.3, 0.4) is 0 Å². The topological polar surface area (TPSA) is 83.8 Å². The minimum atomic E-state index is -1.13. The summed E-state index contributed by atoms with van der Waals surface area (Å²) in [7, 11) is 0. The number of hydrogen-bond acceptors (Lipinski definition) is 5. The maximum Gasteiger partial charge on any atom is 0.333 e. The number of ketones is 1. The smallest absolute Gasteiger partial charge is 0.333 e. The van der Waals surface area contributed by atoms with Crippen LogP contribution in [0.25, 0.3) is 0 Å². The zero-order valence-corrected chi connectivity index (χ0v) is 20.6. The van der Waals surface area contributed by atoms with Crippen molar-refractivity contribution in [2.45, 2.75) is 90.4 Å². The van der Waals surface area contributed by atoms with Crippen LogP contribution >= 0.6 is 0 Å². The van der Waals surface area contributed by atoms with Crippen LogP contribution < -0.4 is 0 Å². The molecule has 1 aliphatic heterocycles. The number of allylic oxidation sites excluding steroid dienone is 2. The number of rotatable bonds is 2. The molecule has 4 aliphatic carbocycles. The standard InChI is InChI=1S/C28H38O5/c1-16-15-22(33-24(30)17(16)2)18(3)28(32)14-10-20-19-8-13-27(31)11-6-7-23(29)26(27,5)21(19)9-12-25(20,28)4/h6-8,13,18-22,31-32H,9-12,14-15H2,1-5H3. The summed E-state index contributed by atoms with van der Waals surface area (Å²) in [6.07, 6.45) is 11.4. The highest BCUT2D eigenvalue weighted by Gasteiger charge is 2.68. The summed E-state index contributed by atoms with van der Waals surface area (Å²) in [5.74, 6) is -0.0148. The van der Waals surface area contributed by atoms with Gasteiger partial charge in [-0.05, 0) is 76.7 Å². The van der Waals surface area contributed by atoms with Crippen molar-refractivity contribution in [1.82, 2.24) is 0 Å². The number of ether oxygens (including phenoxy) is 1. The second-order valence-electron chi connectivity index (χ2n) is 12.0. The molecule has 5 nitrogen and oxygen atoms in total. The number of carbonyl (C=O) groups excluding carboxylic acids is 2. The van der Waals surface area contributed by atoms with Gasteiger partial charge in [-0.15, -0.1) is 0 Å². The monoisotopic (exact) mass is 454 g/mol. The Bertz CT molecular complexity index is 992. The fourth-order valence-electron chi connectivity index (χ4n) is 8.38. The van der Waals surface area contributed by atoms with Crippen molar-refractivity contribution < 1.29 is 24.5 Å². The number of esters is 1. The Kier molecular flexibility index (Phi) is 4.99. The first-order valence-electron chi connectivity index (χ1n) is 12.6. The third-order valence-corrected chi connectivity index (χ3v) is 11.0. The van der Waals surface area contributed by atoms with E-state index in [0.717, 1.165) is 24.8 Å². The predicted octanol–water partition coefficient (Wildman–Crippen LogP) is 4.28. The van der Waals surface area contributed by atoms with Crippen LogP contribution in [0.5, 0.6) is 0 Å². The Morgan fingerprint density at radius 2 is 1.79 bits per heavy atom. The van der Waals surface area contributed by atoms with E-state index >= 15 is 0 Å². The Hall–Kier alpha value is -1.72. The van der Waals surface area contributed by atoms with Gasteiger partial charge in [-0.25, -0.2) is 4.79 Å². The van der Waals surface area contributed by atoms with Crippen molar-refractivity contribution >= 4 is 11.8 Å². The molecule has 2 fully saturated rings. The van der Waals surface area contributed by atoms with Crippen LogP contribution in [0.15, 0.2) is 35.5 Å². The average molecular weight is 455 g/mol. The quantitative estimate of drug-likeness (QED) is 0.481. The van der Waals surface area contributed by atoms with E-state index in [1.807, 2.05) is 26.8 Å². The second kappa shape index (κ2) is 7.14. The molecule has 9 atom stereocenters. The molecular weight excluding hydrogens is 416 g/mol. The summed E-state index contributed by atoms with van der Waals surface area (Å²) in [4.78, 5) is 25.5. The van der Waals surface area contributed by atoms with E-state index in [9.17, 15) is 19.8 Å². The highest BCUT2D eigenvalue weighted by atomic mass is 16.5. The summed E-state index contributed by atoms with van der Waals surface area (Å²) in [5, 5.41) is 23.7. The number of fused-ring (bicyclic) bond motifs is 5. The van der Waals surface area contributed by atoms with Crippen molar-refractivity contribution in [3.05, 3.63) is 35.5 Å². The lowest BCUT2D eigenvalue weighted by Gasteiger charge is -2.60. The molecule has 180 valence electrons. The average Bonchev–Trinajstić information content (AvgIpc) is 3.05. The molecule has 0 bridgehead atoms. The van der Waals surface area contributed by atoms with Gasteiger partial charge in [-0.3, -0.25) is 4.79 Å². The first-order chi connectivity index (χ1) is 15.4. The molecular formula is C28H38O5. The van der Waals surface area contributed by atoms with E-state index in [0.29, 0.717) is 24.8 Å².